The van der Waals surface area contributed by atoms with Crippen LogP contribution >= 0.6 is 12.4 Å². The van der Waals surface area contributed by atoms with Gasteiger partial charge in [0.2, 0.25) is 11.7 Å². The van der Waals surface area contributed by atoms with Crippen LogP contribution in [0.3, 0.4) is 0 Å². The molecule has 2 aromatic heterocycles. The number of halogens is 1. The van der Waals surface area contributed by atoms with Crippen LogP contribution < -0.4 is 5.73 Å². The van der Waals surface area contributed by atoms with Crippen molar-refractivity contribution in [3.8, 4) is 11.4 Å². The van der Waals surface area contributed by atoms with Crippen LogP contribution in [0.2, 0.25) is 0 Å². The maximum Gasteiger partial charge on any atom is 0.244 e. The quantitative estimate of drug-likeness (QED) is 0.906. The van der Waals surface area contributed by atoms with Gasteiger partial charge in [-0.25, -0.2) is 0 Å². The fraction of sp³-hybridized carbons (Fsp3) is 0.417. The van der Waals surface area contributed by atoms with Crippen molar-refractivity contribution in [2.75, 3.05) is 0 Å². The third kappa shape index (κ3) is 3.05. The zero-order chi connectivity index (χ0) is 12.5. The maximum atomic E-state index is 6.05. The van der Waals surface area contributed by atoms with E-state index in [1.165, 1.54) is 0 Å². The minimum absolute atomic E-state index is 0. The predicted octanol–water partition coefficient (Wildman–Crippen LogP) is 2.60. The smallest absolute Gasteiger partial charge is 0.244 e. The highest BCUT2D eigenvalue weighted by Crippen LogP contribution is 2.30. The van der Waals surface area contributed by atoms with Crippen molar-refractivity contribution in [3.63, 3.8) is 0 Å². The van der Waals surface area contributed by atoms with Crippen molar-refractivity contribution in [3.05, 3.63) is 30.4 Å². The normalized spacial score (nSPS) is 12.9. The van der Waals surface area contributed by atoms with Gasteiger partial charge in [0.25, 0.3) is 0 Å². The molecule has 0 fully saturated rings. The highest BCUT2D eigenvalue weighted by atomic mass is 35.5. The Bertz CT molecular complexity index is 492. The standard InChI is InChI=1S/C12H16N4O.ClH/c1-12(2,3)9(13)11-15-10(16-17-11)8-4-6-14-7-5-8;/h4-7,9H,13H2,1-3H3;1H/t9-;/m1./s1. The van der Waals surface area contributed by atoms with Crippen LogP contribution in [0, 0.1) is 5.41 Å². The monoisotopic (exact) mass is 268 g/mol. The van der Waals surface area contributed by atoms with Crippen molar-refractivity contribution >= 4 is 12.4 Å². The van der Waals surface area contributed by atoms with Crippen LogP contribution in [0.25, 0.3) is 11.4 Å². The van der Waals surface area contributed by atoms with Gasteiger partial charge >= 0.3 is 0 Å². The fourth-order valence-electron chi connectivity index (χ4n) is 1.35. The maximum absolute atomic E-state index is 6.05. The second-order valence-electron chi connectivity index (χ2n) is 5.04. The first-order valence-electron chi connectivity index (χ1n) is 5.48. The summed E-state index contributed by atoms with van der Waals surface area (Å²) in [4.78, 5) is 8.26. The molecule has 0 unspecified atom stereocenters. The van der Waals surface area contributed by atoms with Crippen LogP contribution in [0.4, 0.5) is 0 Å². The van der Waals surface area contributed by atoms with E-state index in [2.05, 4.69) is 15.1 Å². The molecule has 0 amide bonds. The molecule has 0 saturated carbocycles. The van der Waals surface area contributed by atoms with Crippen molar-refractivity contribution in [2.45, 2.75) is 26.8 Å². The molecule has 0 spiro atoms. The molecule has 0 saturated heterocycles. The molecule has 2 aromatic rings. The molecule has 98 valence electrons. The van der Waals surface area contributed by atoms with Crippen molar-refractivity contribution in [1.82, 2.24) is 15.1 Å². The Labute approximate surface area is 112 Å². The number of pyridine rings is 1. The Balaban J connectivity index is 0.00000162. The lowest BCUT2D eigenvalue weighted by Crippen LogP contribution is -2.26. The molecule has 0 aromatic carbocycles. The first-order chi connectivity index (χ1) is 7.98. The third-order valence-electron chi connectivity index (χ3n) is 2.58. The highest BCUT2D eigenvalue weighted by Gasteiger charge is 2.27. The molecular weight excluding hydrogens is 252 g/mol. The Kier molecular flexibility index (Phi) is 4.43. The topological polar surface area (TPSA) is 77.8 Å². The average molecular weight is 269 g/mol. The van der Waals surface area contributed by atoms with Gasteiger partial charge in [-0.15, -0.1) is 12.4 Å². The molecule has 5 nitrogen and oxygen atoms in total. The molecule has 6 heteroatoms. The lowest BCUT2D eigenvalue weighted by molar-refractivity contribution is 0.253. The Morgan fingerprint density at radius 3 is 2.39 bits per heavy atom. The van der Waals surface area contributed by atoms with Crippen LogP contribution in [-0.2, 0) is 0 Å². The molecule has 2 heterocycles. The second-order valence-corrected chi connectivity index (χ2v) is 5.04. The molecule has 0 bridgehead atoms. The summed E-state index contributed by atoms with van der Waals surface area (Å²) in [7, 11) is 0. The zero-order valence-corrected chi connectivity index (χ0v) is 11.4. The van der Waals surface area contributed by atoms with Crippen molar-refractivity contribution in [2.24, 2.45) is 11.1 Å². The van der Waals surface area contributed by atoms with E-state index in [1.54, 1.807) is 12.4 Å². The Hall–Kier alpha value is -1.46. The summed E-state index contributed by atoms with van der Waals surface area (Å²) in [5.74, 6) is 1.01. The van der Waals surface area contributed by atoms with E-state index in [9.17, 15) is 0 Å². The van der Waals surface area contributed by atoms with E-state index in [0.29, 0.717) is 11.7 Å². The van der Waals surface area contributed by atoms with Crippen LogP contribution in [0.1, 0.15) is 32.7 Å². The first kappa shape index (κ1) is 14.6. The Morgan fingerprint density at radius 2 is 1.83 bits per heavy atom. The third-order valence-corrected chi connectivity index (χ3v) is 2.58. The Morgan fingerprint density at radius 1 is 1.22 bits per heavy atom. The first-order valence-corrected chi connectivity index (χ1v) is 5.48. The predicted molar refractivity (Wildman–Crippen MR) is 71.2 cm³/mol. The van der Waals surface area contributed by atoms with E-state index in [1.807, 2.05) is 32.9 Å². The lowest BCUT2D eigenvalue weighted by Gasteiger charge is -2.23. The summed E-state index contributed by atoms with van der Waals surface area (Å²) < 4.78 is 5.20. The van der Waals surface area contributed by atoms with E-state index < -0.39 is 0 Å². The van der Waals surface area contributed by atoms with Crippen LogP contribution in [-0.4, -0.2) is 15.1 Å². The van der Waals surface area contributed by atoms with Gasteiger partial charge in [0.15, 0.2) is 0 Å². The van der Waals surface area contributed by atoms with E-state index in [4.69, 9.17) is 10.3 Å². The highest BCUT2D eigenvalue weighted by molar-refractivity contribution is 5.85. The largest absolute Gasteiger partial charge is 0.337 e. The second kappa shape index (κ2) is 5.46. The van der Waals surface area contributed by atoms with E-state index >= 15 is 0 Å². The van der Waals surface area contributed by atoms with Gasteiger partial charge in [0.1, 0.15) is 0 Å². The zero-order valence-electron chi connectivity index (χ0n) is 10.6. The van der Waals surface area contributed by atoms with Crippen molar-refractivity contribution < 1.29 is 4.52 Å². The lowest BCUT2D eigenvalue weighted by atomic mass is 9.87. The number of nitrogens with zero attached hydrogens (tertiary/aromatic N) is 3. The summed E-state index contributed by atoms with van der Waals surface area (Å²) in [6.45, 7) is 6.11. The molecule has 0 radical (unpaired) electrons. The molecule has 0 aliphatic rings. The fourth-order valence-corrected chi connectivity index (χ4v) is 1.35. The van der Waals surface area contributed by atoms with Gasteiger partial charge in [0.05, 0.1) is 6.04 Å². The van der Waals surface area contributed by atoms with Gasteiger partial charge in [-0.2, -0.15) is 4.98 Å². The van der Waals surface area contributed by atoms with Gasteiger partial charge in [-0.05, 0) is 17.5 Å². The number of rotatable bonds is 2. The van der Waals surface area contributed by atoms with Gasteiger partial charge < -0.3 is 10.3 Å². The molecule has 0 aliphatic heterocycles. The molecule has 2 N–H and O–H groups in total. The summed E-state index contributed by atoms with van der Waals surface area (Å²) in [6.07, 6.45) is 3.38. The summed E-state index contributed by atoms with van der Waals surface area (Å²) >= 11 is 0. The summed E-state index contributed by atoms with van der Waals surface area (Å²) in [6, 6.07) is 3.39. The minimum Gasteiger partial charge on any atom is -0.337 e. The van der Waals surface area contributed by atoms with Crippen LogP contribution in [0.5, 0.6) is 0 Å². The SMILES string of the molecule is CC(C)(C)[C@H](N)c1nc(-c2ccncc2)no1.Cl. The summed E-state index contributed by atoms with van der Waals surface area (Å²) in [5.41, 5.74) is 6.82. The van der Waals surface area contributed by atoms with E-state index in [-0.39, 0.29) is 23.9 Å². The molecule has 1 atom stereocenters. The molecular formula is C12H17ClN4O. The van der Waals surface area contributed by atoms with Gasteiger partial charge in [-0.1, -0.05) is 25.9 Å². The summed E-state index contributed by atoms with van der Waals surface area (Å²) in [5, 5.41) is 3.93. The number of aromatic nitrogens is 3. The average Bonchev–Trinajstić information content (AvgIpc) is 2.77. The number of nitrogens with two attached hydrogens (primary N) is 1. The minimum atomic E-state index is -0.273. The number of hydrogen-bond donors (Lipinski definition) is 1. The molecule has 0 aliphatic carbocycles. The molecule has 18 heavy (non-hydrogen) atoms. The van der Waals surface area contributed by atoms with Crippen molar-refractivity contribution in [1.29, 1.82) is 0 Å². The number of hydrogen-bond acceptors (Lipinski definition) is 5. The van der Waals surface area contributed by atoms with Gasteiger partial charge in [0, 0.05) is 18.0 Å². The van der Waals surface area contributed by atoms with E-state index in [0.717, 1.165) is 5.56 Å². The van der Waals surface area contributed by atoms with Gasteiger partial charge in [-0.3, -0.25) is 4.98 Å². The molecule has 2 rings (SSSR count). The van der Waals surface area contributed by atoms with Crippen LogP contribution in [0.15, 0.2) is 29.0 Å².